The quantitative estimate of drug-likeness (QED) is 0.0810. The molecule has 7 N–H and O–H groups in total. The van der Waals surface area contributed by atoms with Crippen LogP contribution in [-0.2, 0) is 17.8 Å². The number of carboxylic acid groups (broad SMARTS) is 1. The lowest BCUT2D eigenvalue weighted by molar-refractivity contribution is -0.139. The van der Waals surface area contributed by atoms with Crippen molar-refractivity contribution in [2.24, 2.45) is 0 Å². The SMILES string of the molecule is CCc1ccc(C(=O)CCCC[C@H](NC(=O)c2ccc(N(C)Cc3ccc4nc(N)nc(N)c4c3Cl)s2)C(=O)O)c(-c2nn[nH]n2)c1. The molecule has 3 heterocycles. The zero-order valence-corrected chi connectivity index (χ0v) is 27.2. The number of benzene rings is 2. The number of aromatic amines is 1. The van der Waals surface area contributed by atoms with Crippen molar-refractivity contribution in [3.8, 4) is 11.4 Å². The number of rotatable bonds is 14. The summed E-state index contributed by atoms with van der Waals surface area (Å²) >= 11 is 7.86. The van der Waals surface area contributed by atoms with Gasteiger partial charge in [-0.05, 0) is 59.9 Å². The predicted molar refractivity (Wildman–Crippen MR) is 180 cm³/mol. The Kier molecular flexibility index (Phi) is 10.3. The van der Waals surface area contributed by atoms with Crippen molar-refractivity contribution in [1.29, 1.82) is 0 Å². The minimum absolute atomic E-state index is 0.0605. The van der Waals surface area contributed by atoms with Crippen molar-refractivity contribution >= 4 is 68.3 Å². The number of nitrogen functional groups attached to an aromatic ring is 2. The van der Waals surface area contributed by atoms with E-state index in [0.29, 0.717) is 57.1 Å². The molecular weight excluding hydrogens is 644 g/mol. The minimum atomic E-state index is -1.15. The number of amides is 1. The molecule has 2 aromatic carbocycles. The lowest BCUT2D eigenvalue weighted by atomic mass is 9.96. The number of halogens is 1. The monoisotopic (exact) mass is 676 g/mol. The number of carbonyl (C=O) groups is 3. The fourth-order valence-electron chi connectivity index (χ4n) is 5.15. The molecule has 0 spiro atoms. The van der Waals surface area contributed by atoms with Crippen LogP contribution in [-0.4, -0.2) is 66.4 Å². The van der Waals surface area contributed by atoms with Crippen LogP contribution in [0.3, 0.4) is 0 Å². The van der Waals surface area contributed by atoms with Crippen molar-refractivity contribution in [3.05, 3.63) is 69.1 Å². The molecule has 0 bridgehead atoms. The summed E-state index contributed by atoms with van der Waals surface area (Å²) < 4.78 is 0. The van der Waals surface area contributed by atoms with Crippen molar-refractivity contribution in [1.82, 2.24) is 35.9 Å². The predicted octanol–water partition coefficient (Wildman–Crippen LogP) is 4.51. The Morgan fingerprint density at radius 3 is 2.64 bits per heavy atom. The maximum atomic E-state index is 13.1. The number of H-pyrrole nitrogens is 1. The van der Waals surface area contributed by atoms with E-state index < -0.39 is 17.9 Å². The van der Waals surface area contributed by atoms with Crippen LogP contribution in [0.5, 0.6) is 0 Å². The Bertz CT molecular complexity index is 1930. The normalized spacial score (nSPS) is 11.8. The zero-order valence-electron chi connectivity index (χ0n) is 25.7. The van der Waals surface area contributed by atoms with Gasteiger partial charge in [0.25, 0.3) is 5.91 Å². The van der Waals surface area contributed by atoms with Gasteiger partial charge in [-0.15, -0.1) is 21.5 Å². The van der Waals surface area contributed by atoms with E-state index in [2.05, 4.69) is 35.9 Å². The molecule has 47 heavy (non-hydrogen) atoms. The van der Waals surface area contributed by atoms with Crippen LogP contribution in [0.1, 0.15) is 63.8 Å². The molecular formula is C31H33ClN10O4S. The smallest absolute Gasteiger partial charge is 0.326 e. The molecule has 0 aliphatic carbocycles. The Morgan fingerprint density at radius 2 is 1.91 bits per heavy atom. The number of Topliss-reactive ketones (excluding diaryl/α,β-unsaturated/α-hetero) is 1. The second kappa shape index (κ2) is 14.5. The van der Waals surface area contributed by atoms with E-state index >= 15 is 0 Å². The maximum absolute atomic E-state index is 13.1. The molecule has 5 rings (SSSR count). The van der Waals surface area contributed by atoms with Gasteiger partial charge in [0.1, 0.15) is 11.9 Å². The van der Waals surface area contributed by atoms with Gasteiger partial charge in [-0.1, -0.05) is 43.1 Å². The number of ketones is 1. The largest absolute Gasteiger partial charge is 0.480 e. The van der Waals surface area contributed by atoms with Gasteiger partial charge >= 0.3 is 5.97 Å². The van der Waals surface area contributed by atoms with E-state index in [0.717, 1.165) is 22.5 Å². The first-order valence-corrected chi connectivity index (χ1v) is 16.0. The molecule has 3 aromatic heterocycles. The molecule has 0 unspecified atom stereocenters. The van der Waals surface area contributed by atoms with Crippen molar-refractivity contribution < 1.29 is 19.5 Å². The summed E-state index contributed by atoms with van der Waals surface area (Å²) in [6.45, 7) is 2.41. The summed E-state index contributed by atoms with van der Waals surface area (Å²) in [5, 5.41) is 28.2. The Hall–Kier alpha value is -5.15. The second-order valence-corrected chi connectivity index (χ2v) is 12.3. The lowest BCUT2D eigenvalue weighted by Crippen LogP contribution is -2.40. The van der Waals surface area contributed by atoms with E-state index in [1.807, 2.05) is 37.1 Å². The average molecular weight is 677 g/mol. The third kappa shape index (κ3) is 7.64. The maximum Gasteiger partial charge on any atom is 0.326 e. The Labute approximate surface area is 278 Å². The molecule has 0 aliphatic rings. The third-order valence-electron chi connectivity index (χ3n) is 7.65. The number of hydrogen-bond acceptors (Lipinski definition) is 12. The van der Waals surface area contributed by atoms with E-state index in [1.165, 1.54) is 11.3 Å². The summed E-state index contributed by atoms with van der Waals surface area (Å²) in [4.78, 5) is 48.5. The Balaban J connectivity index is 1.16. The number of nitrogens with zero attached hydrogens (tertiary/aromatic N) is 6. The number of unbranched alkanes of at least 4 members (excludes halogenated alkanes) is 1. The van der Waals surface area contributed by atoms with E-state index in [-0.39, 0.29) is 30.4 Å². The molecule has 16 heteroatoms. The summed E-state index contributed by atoms with van der Waals surface area (Å²) in [6.07, 6.45) is 2.01. The number of anilines is 3. The molecule has 0 radical (unpaired) electrons. The van der Waals surface area contributed by atoms with Crippen molar-refractivity contribution in [2.75, 3.05) is 23.4 Å². The highest BCUT2D eigenvalue weighted by Crippen LogP contribution is 2.33. The van der Waals surface area contributed by atoms with Crippen LogP contribution in [0.2, 0.25) is 5.02 Å². The fourth-order valence-corrected chi connectivity index (χ4v) is 6.34. The number of nitrogens with two attached hydrogens (primary N) is 2. The number of nitrogens with one attached hydrogen (secondary N) is 2. The highest BCUT2D eigenvalue weighted by Gasteiger charge is 2.23. The van der Waals surface area contributed by atoms with Gasteiger partial charge in [-0.2, -0.15) is 10.2 Å². The number of aryl methyl sites for hydroxylation is 1. The van der Waals surface area contributed by atoms with E-state index in [4.69, 9.17) is 23.1 Å². The van der Waals surface area contributed by atoms with Crippen LogP contribution < -0.4 is 21.7 Å². The summed E-state index contributed by atoms with van der Waals surface area (Å²) in [5.41, 5.74) is 15.2. The topological polar surface area (TPSA) is 219 Å². The molecule has 5 aromatic rings. The van der Waals surface area contributed by atoms with E-state index in [9.17, 15) is 19.5 Å². The first kappa shape index (κ1) is 33.2. The summed E-state index contributed by atoms with van der Waals surface area (Å²) in [5.74, 6) is -1.17. The highest BCUT2D eigenvalue weighted by atomic mass is 35.5. The number of fused-ring (bicyclic) bond motifs is 1. The minimum Gasteiger partial charge on any atom is -0.480 e. The second-order valence-electron chi connectivity index (χ2n) is 10.9. The molecule has 0 aliphatic heterocycles. The zero-order chi connectivity index (χ0) is 33.7. The summed E-state index contributed by atoms with van der Waals surface area (Å²) in [6, 6.07) is 11.4. The molecule has 1 atom stereocenters. The van der Waals surface area contributed by atoms with Crippen LogP contribution in [0, 0.1) is 0 Å². The number of hydrogen-bond donors (Lipinski definition) is 5. The molecule has 0 fully saturated rings. The molecule has 0 saturated carbocycles. The molecule has 0 saturated heterocycles. The van der Waals surface area contributed by atoms with Crippen LogP contribution in [0.4, 0.5) is 16.8 Å². The number of carboxylic acids is 1. The van der Waals surface area contributed by atoms with Crippen LogP contribution in [0.25, 0.3) is 22.3 Å². The van der Waals surface area contributed by atoms with Gasteiger partial charge in [0.15, 0.2) is 5.78 Å². The first-order valence-electron chi connectivity index (χ1n) is 14.8. The average Bonchev–Trinajstić information content (AvgIpc) is 3.76. The summed E-state index contributed by atoms with van der Waals surface area (Å²) in [7, 11) is 1.85. The van der Waals surface area contributed by atoms with Crippen LogP contribution >= 0.6 is 22.9 Å². The van der Waals surface area contributed by atoms with Gasteiger partial charge in [0.05, 0.1) is 25.8 Å². The number of thiophene rings is 1. The van der Waals surface area contributed by atoms with E-state index in [1.54, 1.807) is 24.3 Å². The van der Waals surface area contributed by atoms with Gasteiger partial charge in [0.2, 0.25) is 11.8 Å². The van der Waals surface area contributed by atoms with Gasteiger partial charge in [-0.3, -0.25) is 9.59 Å². The number of carbonyl (C=O) groups excluding carboxylic acids is 2. The van der Waals surface area contributed by atoms with Gasteiger partial charge in [-0.25, -0.2) is 9.78 Å². The lowest BCUT2D eigenvalue weighted by Gasteiger charge is -2.19. The Morgan fingerprint density at radius 1 is 1.11 bits per heavy atom. The van der Waals surface area contributed by atoms with Gasteiger partial charge in [0, 0.05) is 31.1 Å². The van der Waals surface area contributed by atoms with Crippen LogP contribution in [0.15, 0.2) is 42.5 Å². The highest BCUT2D eigenvalue weighted by molar-refractivity contribution is 7.18. The van der Waals surface area contributed by atoms with Gasteiger partial charge < -0.3 is 26.8 Å². The molecule has 244 valence electrons. The fraction of sp³-hybridized carbons (Fsp3) is 0.290. The number of tetrazole rings is 1. The number of aliphatic carboxylic acids is 1. The number of aromatic nitrogens is 6. The first-order chi connectivity index (χ1) is 22.5. The van der Waals surface area contributed by atoms with Crippen molar-refractivity contribution in [3.63, 3.8) is 0 Å². The molecule has 14 nitrogen and oxygen atoms in total. The standard InChI is InChI=1S/C31H33ClN10O4S/c1-3-16-8-10-18(19(14-16)28-38-40-41-39-28)22(43)7-5-4-6-21(30(45)46)35-29(44)23-12-13-24(47-23)42(2)15-17-9-11-20-25(26(17)32)27(33)37-31(34)36-20/h8-14,21H,3-7,15H2,1-2H3,(H,35,44)(H,45,46)(H4,33,34,36,37)(H,38,39,40,41)/t21-/m0/s1. The third-order valence-corrected chi connectivity index (χ3v) is 9.28. The molecule has 1 amide bonds. The van der Waals surface area contributed by atoms with Crippen molar-refractivity contribution in [2.45, 2.75) is 51.6 Å².